The van der Waals surface area contributed by atoms with Crippen molar-refractivity contribution in [3.8, 4) is 0 Å². The first kappa shape index (κ1) is 24.0. The summed E-state index contributed by atoms with van der Waals surface area (Å²) >= 11 is 4.38. The van der Waals surface area contributed by atoms with Crippen LogP contribution in [0.25, 0.3) is 0 Å². The van der Waals surface area contributed by atoms with Gasteiger partial charge in [0.1, 0.15) is 0 Å². The maximum Gasteiger partial charge on any atom is 0.186 e. The van der Waals surface area contributed by atoms with Crippen LogP contribution in [-0.2, 0) is 28.7 Å². The summed E-state index contributed by atoms with van der Waals surface area (Å²) in [7, 11) is 0. The minimum atomic E-state index is -0.688. The van der Waals surface area contributed by atoms with E-state index in [4.69, 9.17) is 9.47 Å². The lowest BCUT2D eigenvalue weighted by Crippen LogP contribution is -2.56. The van der Waals surface area contributed by atoms with E-state index in [2.05, 4.69) is 0 Å². The molecular weight excluding hydrogens is 416 g/mol. The number of carbonyl (C=O) groups excluding carboxylic acids is 4. The molecule has 0 radical (unpaired) electrons. The predicted octanol–water partition coefficient (Wildman–Crippen LogP) is 2.97. The maximum absolute atomic E-state index is 11.8. The summed E-state index contributed by atoms with van der Waals surface area (Å²) < 4.78 is 11.7. The van der Waals surface area contributed by atoms with Crippen molar-refractivity contribution < 1.29 is 28.7 Å². The van der Waals surface area contributed by atoms with E-state index in [9.17, 15) is 19.2 Å². The molecule has 1 aliphatic heterocycles. The Morgan fingerprint density at radius 1 is 0.808 bits per heavy atom. The highest BCUT2D eigenvalue weighted by molar-refractivity contribution is 8.19. The van der Waals surface area contributed by atoms with Crippen LogP contribution < -0.4 is 0 Å². The van der Waals surface area contributed by atoms with E-state index in [1.165, 1.54) is 27.7 Å². The van der Waals surface area contributed by atoms with Crippen LogP contribution >= 0.6 is 47.0 Å². The molecule has 1 aliphatic rings. The Bertz CT molecular complexity index is 541. The molecule has 0 saturated carbocycles. The summed E-state index contributed by atoms with van der Waals surface area (Å²) in [4.78, 5) is 46.8. The molecule has 0 spiro atoms. The van der Waals surface area contributed by atoms with Crippen LogP contribution in [0.1, 0.15) is 34.6 Å². The van der Waals surface area contributed by atoms with E-state index in [1.54, 1.807) is 0 Å². The highest BCUT2D eigenvalue weighted by atomic mass is 32.2. The Hall–Kier alpha value is -0.000000000000000167. The molecular formula is C16H24O6S4. The second-order valence-corrected chi connectivity index (χ2v) is 10.8. The Balaban J connectivity index is 3.22. The minimum absolute atomic E-state index is 0.0517. The van der Waals surface area contributed by atoms with Gasteiger partial charge < -0.3 is 9.47 Å². The van der Waals surface area contributed by atoms with Crippen molar-refractivity contribution in [3.05, 3.63) is 0 Å². The SMILES string of the molecule is CCO[C@H]1O[C@H](CSC(C)=O)[C@@H](SC(C)=O)[C@H](SC(C)=O)[C@H]1SC(C)=O. The lowest BCUT2D eigenvalue weighted by atomic mass is 10.1. The van der Waals surface area contributed by atoms with Gasteiger partial charge in [0.25, 0.3) is 0 Å². The van der Waals surface area contributed by atoms with Gasteiger partial charge in [0.15, 0.2) is 26.8 Å². The molecule has 0 unspecified atom stereocenters. The normalized spacial score (nSPS) is 28.6. The van der Waals surface area contributed by atoms with Gasteiger partial charge in [-0.15, -0.1) is 0 Å². The topological polar surface area (TPSA) is 86.7 Å². The van der Waals surface area contributed by atoms with Crippen molar-refractivity contribution in [1.82, 2.24) is 0 Å². The molecule has 1 rings (SSSR count). The third-order valence-corrected chi connectivity index (χ3v) is 8.04. The van der Waals surface area contributed by atoms with Gasteiger partial charge >= 0.3 is 0 Å². The standard InChI is InChI=1S/C16H24O6S4/c1-6-21-16-15(26-11(5)20)14(25-10(4)19)13(24-9(3)18)12(22-16)7-23-8(2)17/h12-16H,6-7H2,1-5H3/t12-,13-,14+,15-,16+/m1/s1. The van der Waals surface area contributed by atoms with Crippen LogP contribution in [0.4, 0.5) is 0 Å². The highest BCUT2D eigenvalue weighted by Crippen LogP contribution is 2.43. The van der Waals surface area contributed by atoms with Gasteiger partial charge in [0.2, 0.25) is 0 Å². The molecule has 0 aliphatic carbocycles. The lowest BCUT2D eigenvalue weighted by Gasteiger charge is -2.44. The van der Waals surface area contributed by atoms with Gasteiger partial charge in [-0.25, -0.2) is 0 Å². The lowest BCUT2D eigenvalue weighted by molar-refractivity contribution is -0.177. The second-order valence-electron chi connectivity index (χ2n) is 5.52. The summed E-state index contributed by atoms with van der Waals surface area (Å²) in [5.74, 6) is 0.357. The number of hydrogen-bond acceptors (Lipinski definition) is 10. The molecule has 26 heavy (non-hydrogen) atoms. The van der Waals surface area contributed by atoms with Crippen molar-refractivity contribution in [2.24, 2.45) is 0 Å². The van der Waals surface area contributed by atoms with Crippen molar-refractivity contribution in [3.63, 3.8) is 0 Å². The molecule has 6 nitrogen and oxygen atoms in total. The predicted molar refractivity (Wildman–Crippen MR) is 110 cm³/mol. The van der Waals surface area contributed by atoms with Crippen molar-refractivity contribution in [2.45, 2.75) is 62.8 Å². The first-order chi connectivity index (χ1) is 12.1. The fourth-order valence-corrected chi connectivity index (χ4v) is 6.95. The summed E-state index contributed by atoms with van der Waals surface area (Å²) in [6.07, 6.45) is -1.14. The average Bonchev–Trinajstić information content (AvgIpc) is 2.50. The fourth-order valence-electron chi connectivity index (χ4n) is 2.49. The largest absolute Gasteiger partial charge is 0.352 e. The van der Waals surface area contributed by atoms with E-state index < -0.39 is 17.6 Å². The van der Waals surface area contributed by atoms with Gasteiger partial charge in [0.05, 0.1) is 16.6 Å². The highest BCUT2D eigenvalue weighted by Gasteiger charge is 2.49. The van der Waals surface area contributed by atoms with Gasteiger partial charge in [-0.2, -0.15) is 0 Å². The van der Waals surface area contributed by atoms with Crippen LogP contribution in [0.15, 0.2) is 0 Å². The van der Waals surface area contributed by atoms with Gasteiger partial charge in [0, 0.05) is 45.3 Å². The molecule has 0 aromatic rings. The molecule has 10 heteroatoms. The Labute approximate surface area is 171 Å². The monoisotopic (exact) mass is 440 g/mol. The first-order valence-electron chi connectivity index (χ1n) is 8.07. The summed E-state index contributed by atoms with van der Waals surface area (Å²) in [5.41, 5.74) is 0. The molecule has 0 bridgehead atoms. The third kappa shape index (κ3) is 7.93. The number of hydrogen-bond donors (Lipinski definition) is 0. The summed E-state index contributed by atoms with van der Waals surface area (Å²) in [6, 6.07) is 0. The molecule has 1 fully saturated rings. The molecule has 1 heterocycles. The van der Waals surface area contributed by atoms with E-state index >= 15 is 0 Å². The molecule has 0 aromatic heterocycles. The van der Waals surface area contributed by atoms with E-state index in [-0.39, 0.29) is 31.0 Å². The summed E-state index contributed by atoms with van der Waals surface area (Å²) in [5, 5.41) is -1.50. The molecule has 0 amide bonds. The smallest absolute Gasteiger partial charge is 0.186 e. The molecule has 0 aromatic carbocycles. The van der Waals surface area contributed by atoms with E-state index in [0.717, 1.165) is 47.0 Å². The van der Waals surface area contributed by atoms with Gasteiger partial charge in [-0.1, -0.05) is 47.0 Å². The molecule has 5 atom stereocenters. The Kier molecular flexibility index (Phi) is 10.9. The zero-order valence-electron chi connectivity index (χ0n) is 15.4. The van der Waals surface area contributed by atoms with Crippen LogP contribution in [0, 0.1) is 0 Å². The first-order valence-corrected chi connectivity index (χ1v) is 11.7. The zero-order chi connectivity index (χ0) is 19.9. The van der Waals surface area contributed by atoms with E-state index in [0.29, 0.717) is 12.4 Å². The number of ether oxygens (including phenoxy) is 2. The van der Waals surface area contributed by atoms with Crippen LogP contribution in [-0.4, -0.2) is 61.0 Å². The maximum atomic E-state index is 11.8. The van der Waals surface area contributed by atoms with Gasteiger partial charge in [-0.3, -0.25) is 19.2 Å². The molecule has 0 N–H and O–H groups in total. The van der Waals surface area contributed by atoms with Crippen LogP contribution in [0.2, 0.25) is 0 Å². The fraction of sp³-hybridized carbons (Fsp3) is 0.750. The van der Waals surface area contributed by atoms with Crippen molar-refractivity contribution >= 4 is 67.5 Å². The average molecular weight is 441 g/mol. The van der Waals surface area contributed by atoms with Crippen LogP contribution in [0.5, 0.6) is 0 Å². The Morgan fingerprint density at radius 2 is 1.31 bits per heavy atom. The number of carbonyl (C=O) groups is 4. The van der Waals surface area contributed by atoms with Crippen molar-refractivity contribution in [1.29, 1.82) is 0 Å². The third-order valence-electron chi connectivity index (χ3n) is 3.28. The number of rotatable bonds is 7. The van der Waals surface area contributed by atoms with Crippen molar-refractivity contribution in [2.75, 3.05) is 12.4 Å². The van der Waals surface area contributed by atoms with Gasteiger partial charge in [-0.05, 0) is 6.92 Å². The minimum Gasteiger partial charge on any atom is -0.352 e. The quantitative estimate of drug-likeness (QED) is 0.589. The Morgan fingerprint density at radius 3 is 1.77 bits per heavy atom. The van der Waals surface area contributed by atoms with E-state index in [1.807, 2.05) is 6.92 Å². The second kappa shape index (κ2) is 11.8. The molecule has 148 valence electrons. The van der Waals surface area contributed by atoms with Crippen LogP contribution in [0.3, 0.4) is 0 Å². The summed E-state index contributed by atoms with van der Waals surface area (Å²) in [6.45, 7) is 8.04. The number of thioether (sulfide) groups is 4. The zero-order valence-corrected chi connectivity index (χ0v) is 18.6. The molecule has 1 saturated heterocycles.